The van der Waals surface area contributed by atoms with E-state index in [2.05, 4.69) is 39.4 Å². The van der Waals surface area contributed by atoms with E-state index >= 15 is 0 Å². The summed E-state index contributed by atoms with van der Waals surface area (Å²) in [4.78, 5) is 4.62. The van der Waals surface area contributed by atoms with Gasteiger partial charge in [-0.3, -0.25) is 4.90 Å². The molecule has 0 aromatic heterocycles. The summed E-state index contributed by atoms with van der Waals surface area (Å²) >= 11 is 17.7. The molecule has 1 fully saturated rings. The van der Waals surface area contributed by atoms with Crippen molar-refractivity contribution in [2.45, 2.75) is 6.54 Å². The van der Waals surface area contributed by atoms with Crippen LogP contribution in [-0.4, -0.2) is 41.1 Å². The monoisotopic (exact) mass is 379 g/mol. The third kappa shape index (κ3) is 4.61. The molecule has 0 bridgehead atoms. The van der Waals surface area contributed by atoms with Crippen LogP contribution in [0.1, 0.15) is 5.56 Å². The van der Waals surface area contributed by atoms with Gasteiger partial charge in [0.2, 0.25) is 0 Å². The molecule has 3 rings (SSSR count). The number of halogens is 2. The lowest BCUT2D eigenvalue weighted by Crippen LogP contribution is -2.49. The van der Waals surface area contributed by atoms with E-state index < -0.39 is 0 Å². The fraction of sp³-hybridized carbons (Fsp3) is 0.278. The second-order valence-electron chi connectivity index (χ2n) is 5.80. The summed E-state index contributed by atoms with van der Waals surface area (Å²) < 4.78 is 0. The second-order valence-corrected chi connectivity index (χ2v) is 7.03. The van der Waals surface area contributed by atoms with Crippen molar-refractivity contribution in [1.82, 2.24) is 9.80 Å². The van der Waals surface area contributed by atoms with Gasteiger partial charge in [-0.15, -0.1) is 0 Å². The van der Waals surface area contributed by atoms with Crippen molar-refractivity contribution in [2.75, 3.05) is 31.5 Å². The zero-order chi connectivity index (χ0) is 16.9. The maximum atomic E-state index is 6.19. The number of nitrogens with zero attached hydrogens (tertiary/aromatic N) is 2. The molecule has 2 aromatic rings. The molecule has 2 aromatic carbocycles. The van der Waals surface area contributed by atoms with Crippen LogP contribution in [0.15, 0.2) is 48.5 Å². The van der Waals surface area contributed by atoms with Gasteiger partial charge in [0.25, 0.3) is 0 Å². The maximum Gasteiger partial charge on any atom is 0.173 e. The van der Waals surface area contributed by atoms with E-state index in [1.807, 2.05) is 6.07 Å². The lowest BCUT2D eigenvalue weighted by molar-refractivity contribution is 0.177. The Hall–Kier alpha value is -1.33. The first-order valence-corrected chi connectivity index (χ1v) is 9.05. The van der Waals surface area contributed by atoms with E-state index in [1.165, 1.54) is 5.56 Å². The first-order valence-electron chi connectivity index (χ1n) is 7.89. The zero-order valence-corrected chi connectivity index (χ0v) is 15.5. The number of piperazine rings is 1. The average Bonchev–Trinajstić information content (AvgIpc) is 2.60. The van der Waals surface area contributed by atoms with E-state index in [1.54, 1.807) is 18.2 Å². The summed E-state index contributed by atoms with van der Waals surface area (Å²) in [7, 11) is 0. The Labute approximate surface area is 158 Å². The molecule has 0 unspecified atom stereocenters. The molecule has 126 valence electrons. The summed E-state index contributed by atoms with van der Waals surface area (Å²) in [6, 6.07) is 15.9. The van der Waals surface area contributed by atoms with Gasteiger partial charge in [-0.05, 0) is 36.0 Å². The Morgan fingerprint density at radius 1 is 1.00 bits per heavy atom. The van der Waals surface area contributed by atoms with Gasteiger partial charge in [0.15, 0.2) is 5.11 Å². The zero-order valence-electron chi connectivity index (χ0n) is 13.2. The van der Waals surface area contributed by atoms with E-state index in [0.717, 1.165) is 38.4 Å². The molecule has 24 heavy (non-hydrogen) atoms. The average molecular weight is 380 g/mol. The standard InChI is InChI=1S/C18H19Cl2N3S/c19-15-6-7-16(20)17(12-15)21-18(24)23-10-8-22(9-11-23)13-14-4-2-1-3-5-14/h1-7,12H,8-11,13H2,(H,21,24). The SMILES string of the molecule is S=C(Nc1cc(Cl)ccc1Cl)N1CCN(Cc2ccccc2)CC1. The summed E-state index contributed by atoms with van der Waals surface area (Å²) in [6.45, 7) is 4.75. The van der Waals surface area contributed by atoms with Crippen LogP contribution in [0.3, 0.4) is 0 Å². The molecule has 1 aliphatic heterocycles. The smallest absolute Gasteiger partial charge is 0.173 e. The second kappa shape index (κ2) is 8.17. The fourth-order valence-corrected chi connectivity index (χ4v) is 3.37. The van der Waals surface area contributed by atoms with E-state index in [4.69, 9.17) is 35.4 Å². The van der Waals surface area contributed by atoms with Gasteiger partial charge >= 0.3 is 0 Å². The van der Waals surface area contributed by atoms with Gasteiger partial charge in [-0.25, -0.2) is 0 Å². The van der Waals surface area contributed by atoms with Crippen molar-refractivity contribution in [2.24, 2.45) is 0 Å². The Kier molecular flexibility index (Phi) is 5.95. The molecule has 0 atom stereocenters. The van der Waals surface area contributed by atoms with Crippen LogP contribution in [0, 0.1) is 0 Å². The molecule has 1 N–H and O–H groups in total. The van der Waals surface area contributed by atoms with Crippen LogP contribution < -0.4 is 5.32 Å². The Morgan fingerprint density at radius 3 is 2.42 bits per heavy atom. The highest BCUT2D eigenvalue weighted by Gasteiger charge is 2.19. The molecule has 0 saturated carbocycles. The summed E-state index contributed by atoms with van der Waals surface area (Å²) in [6.07, 6.45) is 0. The van der Waals surface area contributed by atoms with Crippen molar-refractivity contribution in [3.8, 4) is 0 Å². The van der Waals surface area contributed by atoms with Crippen LogP contribution in [0.25, 0.3) is 0 Å². The van der Waals surface area contributed by atoms with Crippen LogP contribution in [0.2, 0.25) is 10.0 Å². The van der Waals surface area contributed by atoms with Crippen LogP contribution >= 0.6 is 35.4 Å². The third-order valence-corrected chi connectivity index (χ3v) is 5.00. The lowest BCUT2D eigenvalue weighted by Gasteiger charge is -2.36. The largest absolute Gasteiger partial charge is 0.346 e. The minimum Gasteiger partial charge on any atom is -0.346 e. The van der Waals surface area contributed by atoms with Crippen LogP contribution in [0.4, 0.5) is 5.69 Å². The minimum atomic E-state index is 0.615. The number of rotatable bonds is 3. The minimum absolute atomic E-state index is 0.615. The summed E-state index contributed by atoms with van der Waals surface area (Å²) in [5, 5.41) is 5.15. The van der Waals surface area contributed by atoms with Gasteiger partial charge in [0.05, 0.1) is 10.7 Å². The van der Waals surface area contributed by atoms with Crippen molar-refractivity contribution in [3.05, 3.63) is 64.1 Å². The maximum absolute atomic E-state index is 6.19. The summed E-state index contributed by atoms with van der Waals surface area (Å²) in [5.74, 6) is 0. The quantitative estimate of drug-likeness (QED) is 0.790. The number of hydrogen-bond acceptors (Lipinski definition) is 2. The molecular formula is C18H19Cl2N3S. The highest BCUT2D eigenvalue weighted by Crippen LogP contribution is 2.25. The van der Waals surface area contributed by atoms with Gasteiger partial charge < -0.3 is 10.2 Å². The molecule has 0 radical (unpaired) electrons. The highest BCUT2D eigenvalue weighted by atomic mass is 35.5. The van der Waals surface area contributed by atoms with Crippen molar-refractivity contribution in [1.29, 1.82) is 0 Å². The van der Waals surface area contributed by atoms with Crippen LogP contribution in [-0.2, 0) is 6.54 Å². The molecular weight excluding hydrogens is 361 g/mol. The predicted octanol–water partition coefficient (Wildman–Crippen LogP) is 4.51. The number of hydrogen-bond donors (Lipinski definition) is 1. The highest BCUT2D eigenvalue weighted by molar-refractivity contribution is 7.80. The van der Waals surface area contributed by atoms with E-state index in [0.29, 0.717) is 15.2 Å². The molecule has 0 spiro atoms. The molecule has 0 aliphatic carbocycles. The number of benzene rings is 2. The van der Waals surface area contributed by atoms with Crippen molar-refractivity contribution in [3.63, 3.8) is 0 Å². The van der Waals surface area contributed by atoms with Gasteiger partial charge in [0, 0.05) is 37.7 Å². The molecule has 6 heteroatoms. The normalized spacial score (nSPS) is 15.3. The number of thiocarbonyl (C=S) groups is 1. The molecule has 1 saturated heterocycles. The predicted molar refractivity (Wildman–Crippen MR) is 106 cm³/mol. The fourth-order valence-electron chi connectivity index (χ4n) is 2.74. The first-order chi connectivity index (χ1) is 11.6. The topological polar surface area (TPSA) is 18.5 Å². The summed E-state index contributed by atoms with van der Waals surface area (Å²) in [5.41, 5.74) is 2.10. The van der Waals surface area contributed by atoms with Crippen molar-refractivity contribution >= 4 is 46.2 Å². The first kappa shape index (κ1) is 17.5. The molecule has 3 nitrogen and oxygen atoms in total. The third-order valence-electron chi connectivity index (χ3n) is 4.08. The van der Waals surface area contributed by atoms with Gasteiger partial charge in [-0.1, -0.05) is 53.5 Å². The molecule has 1 heterocycles. The Bertz CT molecular complexity index is 701. The van der Waals surface area contributed by atoms with E-state index in [-0.39, 0.29) is 0 Å². The molecule has 0 amide bonds. The Balaban J connectivity index is 1.52. The molecule has 1 aliphatic rings. The van der Waals surface area contributed by atoms with Gasteiger partial charge in [-0.2, -0.15) is 0 Å². The van der Waals surface area contributed by atoms with Crippen molar-refractivity contribution < 1.29 is 0 Å². The van der Waals surface area contributed by atoms with E-state index in [9.17, 15) is 0 Å². The number of anilines is 1. The number of nitrogens with one attached hydrogen (secondary N) is 1. The lowest BCUT2D eigenvalue weighted by atomic mass is 10.2. The van der Waals surface area contributed by atoms with Gasteiger partial charge in [0.1, 0.15) is 0 Å². The van der Waals surface area contributed by atoms with Crippen LogP contribution in [0.5, 0.6) is 0 Å². The Morgan fingerprint density at radius 2 is 1.71 bits per heavy atom.